The molecule has 0 spiro atoms. The summed E-state index contributed by atoms with van der Waals surface area (Å²) in [6, 6.07) is -0.635. The molecule has 0 aromatic heterocycles. The molecule has 1 rings (SSSR count). The molecule has 0 saturated carbocycles. The largest absolute Gasteiger partial charge is 0.481 e. The quantitative estimate of drug-likeness (QED) is 0.677. The molecule has 1 atom stereocenters. The Labute approximate surface area is 114 Å². The minimum Gasteiger partial charge on any atom is -0.481 e. The van der Waals surface area contributed by atoms with Gasteiger partial charge in [0, 0.05) is 19.6 Å². The summed E-state index contributed by atoms with van der Waals surface area (Å²) in [4.78, 5) is 25.7. The first kappa shape index (κ1) is 15.9. The first-order chi connectivity index (χ1) is 9.00. The van der Waals surface area contributed by atoms with Crippen molar-refractivity contribution in [3.05, 3.63) is 0 Å². The minimum atomic E-state index is -0.899. The maximum absolute atomic E-state index is 11.0. The smallest absolute Gasteiger partial charge is 0.320 e. The zero-order valence-corrected chi connectivity index (χ0v) is 11.5. The lowest BCUT2D eigenvalue weighted by atomic mass is 10.1. The number of carbonyl (C=O) groups is 2. The van der Waals surface area contributed by atoms with E-state index in [1.165, 1.54) is 19.3 Å². The van der Waals surface area contributed by atoms with Gasteiger partial charge in [-0.15, -0.1) is 0 Å². The summed E-state index contributed by atoms with van der Waals surface area (Å²) in [6.07, 6.45) is 3.65. The summed E-state index contributed by atoms with van der Waals surface area (Å²) in [5.74, 6) is -1.79. The molecule has 1 heterocycles. The van der Waals surface area contributed by atoms with Crippen LogP contribution in [0.3, 0.4) is 0 Å². The highest BCUT2D eigenvalue weighted by molar-refractivity contribution is 5.73. The Morgan fingerprint density at radius 2 is 1.79 bits per heavy atom. The van der Waals surface area contributed by atoms with Gasteiger partial charge in [-0.05, 0) is 32.9 Å². The van der Waals surface area contributed by atoms with Gasteiger partial charge in [0.2, 0.25) is 0 Å². The molecule has 19 heavy (non-hydrogen) atoms. The number of carboxylic acids is 2. The van der Waals surface area contributed by atoms with Crippen molar-refractivity contribution >= 4 is 11.9 Å². The second-order valence-electron chi connectivity index (χ2n) is 5.10. The van der Waals surface area contributed by atoms with E-state index < -0.39 is 18.0 Å². The molecule has 0 bridgehead atoms. The molecule has 1 fully saturated rings. The highest BCUT2D eigenvalue weighted by Gasteiger charge is 2.22. The van der Waals surface area contributed by atoms with Crippen molar-refractivity contribution in [1.29, 1.82) is 0 Å². The zero-order valence-electron chi connectivity index (χ0n) is 11.5. The summed E-state index contributed by atoms with van der Waals surface area (Å²) in [5, 5.41) is 17.8. The van der Waals surface area contributed by atoms with Crippen molar-refractivity contribution in [1.82, 2.24) is 9.80 Å². The van der Waals surface area contributed by atoms with Crippen molar-refractivity contribution in [2.24, 2.45) is 0 Å². The van der Waals surface area contributed by atoms with Crippen molar-refractivity contribution in [2.45, 2.75) is 38.6 Å². The van der Waals surface area contributed by atoms with Crippen LogP contribution in [0.2, 0.25) is 0 Å². The molecule has 0 aromatic rings. The number of piperidine rings is 1. The van der Waals surface area contributed by atoms with Gasteiger partial charge < -0.3 is 15.1 Å². The van der Waals surface area contributed by atoms with Crippen molar-refractivity contribution < 1.29 is 19.8 Å². The molecule has 110 valence electrons. The Morgan fingerprint density at radius 1 is 1.16 bits per heavy atom. The molecule has 1 saturated heterocycles. The Bertz CT molecular complexity index is 303. The number of carboxylic acid groups (broad SMARTS) is 2. The second kappa shape index (κ2) is 8.12. The maximum atomic E-state index is 11.0. The molecule has 1 aliphatic rings. The fraction of sp³-hybridized carbons (Fsp3) is 0.846. The third-order valence-electron chi connectivity index (χ3n) is 3.67. The fourth-order valence-corrected chi connectivity index (χ4v) is 2.35. The number of aliphatic carboxylic acids is 2. The molecule has 0 aromatic carbocycles. The first-order valence-electron chi connectivity index (χ1n) is 6.91. The van der Waals surface area contributed by atoms with Crippen LogP contribution in [0.4, 0.5) is 0 Å². The molecule has 1 unspecified atom stereocenters. The molecular formula is C13H24N2O4. The van der Waals surface area contributed by atoms with Crippen LogP contribution in [0.15, 0.2) is 0 Å². The van der Waals surface area contributed by atoms with E-state index in [9.17, 15) is 9.59 Å². The summed E-state index contributed by atoms with van der Waals surface area (Å²) >= 11 is 0. The van der Waals surface area contributed by atoms with Crippen molar-refractivity contribution in [3.8, 4) is 0 Å². The maximum Gasteiger partial charge on any atom is 0.320 e. The van der Waals surface area contributed by atoms with E-state index in [1.54, 1.807) is 11.8 Å². The highest BCUT2D eigenvalue weighted by atomic mass is 16.4. The average Bonchev–Trinajstić information content (AvgIpc) is 2.39. The lowest BCUT2D eigenvalue weighted by Crippen LogP contribution is -2.45. The van der Waals surface area contributed by atoms with E-state index in [2.05, 4.69) is 4.90 Å². The molecule has 0 amide bonds. The van der Waals surface area contributed by atoms with Crippen molar-refractivity contribution in [2.75, 3.05) is 32.7 Å². The van der Waals surface area contributed by atoms with Crippen LogP contribution in [0.5, 0.6) is 0 Å². The van der Waals surface area contributed by atoms with Crippen LogP contribution < -0.4 is 0 Å². The number of likely N-dealkylation sites (tertiary alicyclic amines) is 1. The van der Waals surface area contributed by atoms with Gasteiger partial charge in [0.25, 0.3) is 0 Å². The normalized spacial score (nSPS) is 18.4. The SMILES string of the molecule is CC(C(=O)O)N(CCC(=O)O)CCN1CCCCC1. The van der Waals surface area contributed by atoms with E-state index in [-0.39, 0.29) is 13.0 Å². The number of hydrogen-bond donors (Lipinski definition) is 2. The van der Waals surface area contributed by atoms with E-state index in [0.29, 0.717) is 6.54 Å². The summed E-state index contributed by atoms with van der Waals surface area (Å²) in [7, 11) is 0. The van der Waals surface area contributed by atoms with E-state index >= 15 is 0 Å². The van der Waals surface area contributed by atoms with E-state index in [1.807, 2.05) is 0 Å². The molecule has 6 heteroatoms. The van der Waals surface area contributed by atoms with Crippen LogP contribution >= 0.6 is 0 Å². The average molecular weight is 272 g/mol. The standard InChI is InChI=1S/C13H24N2O4/c1-11(13(18)19)15(8-5-12(16)17)10-9-14-6-3-2-4-7-14/h11H,2-10H2,1H3,(H,16,17)(H,18,19). The van der Waals surface area contributed by atoms with Crippen LogP contribution in [0, 0.1) is 0 Å². The lowest BCUT2D eigenvalue weighted by Gasteiger charge is -2.31. The monoisotopic (exact) mass is 272 g/mol. The second-order valence-corrected chi connectivity index (χ2v) is 5.10. The Kier molecular flexibility index (Phi) is 6.80. The van der Waals surface area contributed by atoms with Gasteiger partial charge in [0.15, 0.2) is 0 Å². The Balaban J connectivity index is 2.42. The molecule has 0 radical (unpaired) electrons. The summed E-state index contributed by atoms with van der Waals surface area (Å²) in [6.45, 7) is 5.46. The summed E-state index contributed by atoms with van der Waals surface area (Å²) in [5.41, 5.74) is 0. The van der Waals surface area contributed by atoms with Gasteiger partial charge in [-0.25, -0.2) is 0 Å². The van der Waals surface area contributed by atoms with Gasteiger partial charge in [0.05, 0.1) is 6.42 Å². The number of rotatable bonds is 8. The highest BCUT2D eigenvalue weighted by Crippen LogP contribution is 2.09. The fourth-order valence-electron chi connectivity index (χ4n) is 2.35. The number of nitrogens with zero attached hydrogens (tertiary/aromatic N) is 2. The van der Waals surface area contributed by atoms with Gasteiger partial charge >= 0.3 is 11.9 Å². The summed E-state index contributed by atoms with van der Waals surface area (Å²) < 4.78 is 0. The zero-order chi connectivity index (χ0) is 14.3. The van der Waals surface area contributed by atoms with Gasteiger partial charge in [-0.3, -0.25) is 14.5 Å². The Hall–Kier alpha value is -1.14. The van der Waals surface area contributed by atoms with Gasteiger partial charge in [0.1, 0.15) is 6.04 Å². The number of hydrogen-bond acceptors (Lipinski definition) is 4. The van der Waals surface area contributed by atoms with E-state index in [0.717, 1.165) is 19.6 Å². The molecule has 6 nitrogen and oxygen atoms in total. The Morgan fingerprint density at radius 3 is 2.32 bits per heavy atom. The van der Waals surface area contributed by atoms with Crippen LogP contribution in [-0.2, 0) is 9.59 Å². The predicted octanol–water partition coefficient (Wildman–Crippen LogP) is 0.722. The first-order valence-corrected chi connectivity index (χ1v) is 6.91. The third kappa shape index (κ3) is 6.02. The van der Waals surface area contributed by atoms with Gasteiger partial charge in [-0.1, -0.05) is 6.42 Å². The molecular weight excluding hydrogens is 248 g/mol. The molecule has 0 aliphatic carbocycles. The molecule has 1 aliphatic heterocycles. The third-order valence-corrected chi connectivity index (χ3v) is 3.67. The van der Waals surface area contributed by atoms with Crippen molar-refractivity contribution in [3.63, 3.8) is 0 Å². The van der Waals surface area contributed by atoms with Gasteiger partial charge in [-0.2, -0.15) is 0 Å². The van der Waals surface area contributed by atoms with E-state index in [4.69, 9.17) is 10.2 Å². The van der Waals surface area contributed by atoms with Crippen LogP contribution in [0.25, 0.3) is 0 Å². The van der Waals surface area contributed by atoms with Crippen LogP contribution in [-0.4, -0.2) is 70.7 Å². The topological polar surface area (TPSA) is 81.1 Å². The van der Waals surface area contributed by atoms with Crippen LogP contribution in [0.1, 0.15) is 32.6 Å². The molecule has 2 N–H and O–H groups in total. The predicted molar refractivity (Wildman–Crippen MR) is 71.2 cm³/mol. The lowest BCUT2D eigenvalue weighted by molar-refractivity contribution is -0.144. The minimum absolute atomic E-state index is 0.0163.